The SMILES string of the molecule is Nc1cnc(-c2ccc(O)cc2)n(CC(=O)NC(Cc2ccccc2)C(O)C(F)(F)F)c1=O. The highest BCUT2D eigenvalue weighted by atomic mass is 19.4. The Labute approximate surface area is 186 Å². The predicted molar refractivity (Wildman–Crippen MR) is 114 cm³/mol. The predicted octanol–water partition coefficient (Wildman–Crippen LogP) is 1.85. The molecule has 11 heteroatoms. The smallest absolute Gasteiger partial charge is 0.416 e. The van der Waals surface area contributed by atoms with Crippen LogP contribution in [0.2, 0.25) is 0 Å². The van der Waals surface area contributed by atoms with Crippen LogP contribution in [0.15, 0.2) is 65.6 Å². The third-order valence-corrected chi connectivity index (χ3v) is 4.86. The van der Waals surface area contributed by atoms with Gasteiger partial charge in [-0.2, -0.15) is 13.2 Å². The van der Waals surface area contributed by atoms with E-state index in [0.29, 0.717) is 11.1 Å². The number of benzene rings is 2. The van der Waals surface area contributed by atoms with Crippen LogP contribution in [0.1, 0.15) is 5.56 Å². The van der Waals surface area contributed by atoms with Crippen LogP contribution in [0.25, 0.3) is 11.4 Å². The van der Waals surface area contributed by atoms with Crippen molar-refractivity contribution < 1.29 is 28.2 Å². The lowest BCUT2D eigenvalue weighted by atomic mass is 10.0. The van der Waals surface area contributed by atoms with E-state index in [1.165, 1.54) is 24.3 Å². The molecule has 1 aromatic heterocycles. The summed E-state index contributed by atoms with van der Waals surface area (Å²) in [7, 11) is 0. The molecule has 2 atom stereocenters. The van der Waals surface area contributed by atoms with Crippen LogP contribution >= 0.6 is 0 Å². The maximum absolute atomic E-state index is 13.2. The number of nitrogens with two attached hydrogens (primary N) is 1. The van der Waals surface area contributed by atoms with E-state index in [9.17, 15) is 33.0 Å². The number of amides is 1. The molecule has 0 aliphatic carbocycles. The number of aliphatic hydroxyl groups excluding tert-OH is 1. The number of nitrogens with one attached hydrogen (secondary N) is 1. The summed E-state index contributed by atoms with van der Waals surface area (Å²) in [6, 6.07) is 12.0. The number of nitrogen functional groups attached to an aromatic ring is 1. The lowest BCUT2D eigenvalue weighted by molar-refractivity contribution is -0.212. The van der Waals surface area contributed by atoms with Crippen molar-refractivity contribution in [3.05, 3.63) is 76.7 Å². The van der Waals surface area contributed by atoms with Crippen molar-refractivity contribution in [3.63, 3.8) is 0 Å². The van der Waals surface area contributed by atoms with Gasteiger partial charge in [0.2, 0.25) is 5.91 Å². The van der Waals surface area contributed by atoms with E-state index in [-0.39, 0.29) is 23.7 Å². The van der Waals surface area contributed by atoms with Gasteiger partial charge in [0.05, 0.1) is 12.2 Å². The fourth-order valence-electron chi connectivity index (χ4n) is 3.23. The zero-order valence-corrected chi connectivity index (χ0v) is 17.2. The third kappa shape index (κ3) is 5.89. The highest BCUT2D eigenvalue weighted by Crippen LogP contribution is 2.24. The minimum absolute atomic E-state index is 0.0281. The number of rotatable bonds is 7. The first-order chi connectivity index (χ1) is 15.6. The number of anilines is 1. The monoisotopic (exact) mass is 462 g/mol. The average Bonchev–Trinajstić information content (AvgIpc) is 2.77. The first-order valence-electron chi connectivity index (χ1n) is 9.79. The van der Waals surface area contributed by atoms with Gasteiger partial charge in [0.1, 0.15) is 23.8 Å². The highest BCUT2D eigenvalue weighted by Gasteiger charge is 2.44. The second kappa shape index (κ2) is 9.74. The molecule has 0 fully saturated rings. The number of aromatic hydroxyl groups is 1. The van der Waals surface area contributed by atoms with E-state index in [2.05, 4.69) is 10.3 Å². The van der Waals surface area contributed by atoms with Gasteiger partial charge in [-0.1, -0.05) is 30.3 Å². The maximum atomic E-state index is 13.2. The number of phenols is 1. The zero-order chi connectivity index (χ0) is 24.2. The Morgan fingerprint density at radius 3 is 2.36 bits per heavy atom. The molecule has 0 saturated carbocycles. The molecule has 1 amide bonds. The van der Waals surface area contributed by atoms with E-state index in [4.69, 9.17) is 5.73 Å². The van der Waals surface area contributed by atoms with Gasteiger partial charge in [0.25, 0.3) is 5.56 Å². The number of hydrogen-bond acceptors (Lipinski definition) is 6. The van der Waals surface area contributed by atoms with Crippen LogP contribution in [-0.4, -0.2) is 44.0 Å². The summed E-state index contributed by atoms with van der Waals surface area (Å²) in [5, 5.41) is 21.5. The molecule has 0 radical (unpaired) electrons. The number of hydrogen-bond donors (Lipinski definition) is 4. The fraction of sp³-hybridized carbons (Fsp3) is 0.227. The number of alkyl halides is 3. The Balaban J connectivity index is 1.89. The van der Waals surface area contributed by atoms with Gasteiger partial charge < -0.3 is 21.3 Å². The summed E-state index contributed by atoms with van der Waals surface area (Å²) < 4.78 is 40.5. The molecule has 0 aliphatic rings. The molecule has 0 spiro atoms. The fourth-order valence-corrected chi connectivity index (χ4v) is 3.23. The number of phenolic OH excluding ortho intramolecular Hbond substituents is 1. The van der Waals surface area contributed by atoms with Crippen molar-refractivity contribution in [2.24, 2.45) is 0 Å². The van der Waals surface area contributed by atoms with Gasteiger partial charge in [-0.3, -0.25) is 14.2 Å². The minimum Gasteiger partial charge on any atom is -0.508 e. The summed E-state index contributed by atoms with van der Waals surface area (Å²) in [4.78, 5) is 29.3. The first-order valence-corrected chi connectivity index (χ1v) is 9.79. The minimum atomic E-state index is -4.97. The summed E-state index contributed by atoms with van der Waals surface area (Å²) >= 11 is 0. The number of nitrogens with zero attached hydrogens (tertiary/aromatic N) is 2. The normalized spacial score (nSPS) is 13.3. The molecule has 1 heterocycles. The molecule has 3 aromatic rings. The Kier molecular flexibility index (Phi) is 7.02. The lowest BCUT2D eigenvalue weighted by Gasteiger charge is -2.26. The third-order valence-electron chi connectivity index (χ3n) is 4.86. The van der Waals surface area contributed by atoms with E-state index >= 15 is 0 Å². The molecule has 8 nitrogen and oxygen atoms in total. The molecule has 0 saturated heterocycles. The summed E-state index contributed by atoms with van der Waals surface area (Å²) in [5.41, 5.74) is 5.43. The summed E-state index contributed by atoms with van der Waals surface area (Å²) in [6.07, 6.45) is -6.99. The molecule has 3 rings (SSSR count). The number of carbonyl (C=O) groups is 1. The Bertz CT molecular complexity index is 1160. The molecule has 2 aromatic carbocycles. The number of carbonyl (C=O) groups excluding carboxylic acids is 1. The Hall–Kier alpha value is -3.86. The number of halogens is 3. The Morgan fingerprint density at radius 1 is 1.12 bits per heavy atom. The molecular formula is C22H21F3N4O4. The standard InChI is InChI=1S/C22H21F3N4O4/c23-22(24,25)19(32)17(10-13-4-2-1-3-5-13)28-18(31)12-29-20(27-11-16(26)21(29)33)14-6-8-15(30)9-7-14/h1-9,11,17,19,30,32H,10,12,26H2,(H,28,31). The van der Waals surface area contributed by atoms with Gasteiger partial charge >= 0.3 is 6.18 Å². The topological polar surface area (TPSA) is 130 Å². The van der Waals surface area contributed by atoms with Crippen LogP contribution in [0.4, 0.5) is 18.9 Å². The maximum Gasteiger partial charge on any atom is 0.416 e. The van der Waals surface area contributed by atoms with E-state index < -0.39 is 36.3 Å². The van der Waals surface area contributed by atoms with Gasteiger partial charge in [-0.15, -0.1) is 0 Å². The summed E-state index contributed by atoms with van der Waals surface area (Å²) in [5.74, 6) is -0.959. The molecule has 174 valence electrons. The first kappa shape index (κ1) is 23.8. The molecule has 0 aliphatic heterocycles. The second-order valence-corrected chi connectivity index (χ2v) is 7.33. The molecule has 5 N–H and O–H groups in total. The zero-order valence-electron chi connectivity index (χ0n) is 17.2. The molecule has 0 bridgehead atoms. The largest absolute Gasteiger partial charge is 0.508 e. The van der Waals surface area contributed by atoms with Crippen LogP contribution in [-0.2, 0) is 17.8 Å². The van der Waals surface area contributed by atoms with Crippen molar-refractivity contribution in [1.29, 1.82) is 0 Å². The second-order valence-electron chi connectivity index (χ2n) is 7.33. The van der Waals surface area contributed by atoms with Gasteiger partial charge in [-0.05, 0) is 36.2 Å². The van der Waals surface area contributed by atoms with Crippen molar-refractivity contribution in [3.8, 4) is 17.1 Å². The number of aromatic nitrogens is 2. The number of aliphatic hydroxyl groups is 1. The van der Waals surface area contributed by atoms with Crippen LogP contribution < -0.4 is 16.6 Å². The quantitative estimate of drug-likeness (QED) is 0.424. The van der Waals surface area contributed by atoms with Gasteiger partial charge in [0.15, 0.2) is 6.10 Å². The average molecular weight is 462 g/mol. The Morgan fingerprint density at radius 2 is 1.76 bits per heavy atom. The lowest BCUT2D eigenvalue weighted by Crippen LogP contribution is -2.52. The highest BCUT2D eigenvalue weighted by molar-refractivity contribution is 5.77. The molecule has 33 heavy (non-hydrogen) atoms. The van der Waals surface area contributed by atoms with Crippen molar-refractivity contribution in [2.75, 3.05) is 5.73 Å². The van der Waals surface area contributed by atoms with Gasteiger partial charge in [-0.25, -0.2) is 4.98 Å². The van der Waals surface area contributed by atoms with Crippen LogP contribution in [0.5, 0.6) is 5.75 Å². The molecule has 2 unspecified atom stereocenters. The summed E-state index contributed by atoms with van der Waals surface area (Å²) in [6.45, 7) is -0.692. The van der Waals surface area contributed by atoms with Crippen LogP contribution in [0, 0.1) is 0 Å². The van der Waals surface area contributed by atoms with Crippen molar-refractivity contribution in [1.82, 2.24) is 14.9 Å². The van der Waals surface area contributed by atoms with E-state index in [0.717, 1.165) is 10.8 Å². The van der Waals surface area contributed by atoms with Crippen LogP contribution in [0.3, 0.4) is 0 Å². The van der Waals surface area contributed by atoms with Gasteiger partial charge in [0, 0.05) is 5.56 Å². The molecular weight excluding hydrogens is 441 g/mol. The van der Waals surface area contributed by atoms with E-state index in [1.807, 2.05) is 0 Å². The van der Waals surface area contributed by atoms with E-state index in [1.54, 1.807) is 30.3 Å². The van der Waals surface area contributed by atoms with Crippen molar-refractivity contribution in [2.45, 2.75) is 31.3 Å². The van der Waals surface area contributed by atoms with Crippen molar-refractivity contribution >= 4 is 11.6 Å².